The molecule has 1 aromatic rings. The van der Waals surface area contributed by atoms with Crippen LogP contribution >= 0.6 is 0 Å². The van der Waals surface area contributed by atoms with E-state index in [9.17, 15) is 4.79 Å². The molecule has 0 bridgehead atoms. The minimum absolute atomic E-state index is 0.0903. The average molecular weight is 251 g/mol. The highest BCUT2D eigenvalue weighted by atomic mass is 16.1. The molecule has 18 heavy (non-hydrogen) atoms. The van der Waals surface area contributed by atoms with Gasteiger partial charge in [0.15, 0.2) is 0 Å². The Morgan fingerprint density at radius 2 is 1.67 bits per heavy atom. The second-order valence-corrected chi connectivity index (χ2v) is 6.29. The fraction of sp³-hybridized carbons (Fsp3) is 0.750. The molecule has 2 rings (SSSR count). The third kappa shape index (κ3) is 1.51. The molecule has 0 aromatic carbocycles. The van der Waals surface area contributed by atoms with Gasteiger partial charge in [-0.25, -0.2) is 0 Å². The van der Waals surface area contributed by atoms with Crippen LogP contribution < -0.4 is 15.5 Å². The van der Waals surface area contributed by atoms with Crippen molar-refractivity contribution in [1.82, 2.24) is 14.9 Å². The summed E-state index contributed by atoms with van der Waals surface area (Å²) < 4.78 is 1.60. The molecular formula is C12H21N5O. The standard InChI is InChI=1S/C12H21N5O/c1-11(2,3)8-9(18)17-10(14-13-8)15(6)12(4,5)16(17)7/h1-7H3. The summed E-state index contributed by atoms with van der Waals surface area (Å²) in [5.41, 5.74) is -0.202. The molecule has 1 aliphatic rings. The Kier molecular flexibility index (Phi) is 2.47. The topological polar surface area (TPSA) is 54.3 Å². The molecule has 0 saturated carbocycles. The summed E-state index contributed by atoms with van der Waals surface area (Å²) in [6.45, 7) is 9.98. The van der Waals surface area contributed by atoms with Crippen LogP contribution in [-0.2, 0) is 5.41 Å². The number of hydrogen-bond acceptors (Lipinski definition) is 5. The van der Waals surface area contributed by atoms with Crippen molar-refractivity contribution in [3.63, 3.8) is 0 Å². The Hall–Kier alpha value is -1.59. The van der Waals surface area contributed by atoms with Crippen LogP contribution in [0.4, 0.5) is 5.95 Å². The van der Waals surface area contributed by atoms with E-state index in [0.29, 0.717) is 11.6 Å². The third-order valence-corrected chi connectivity index (χ3v) is 3.75. The van der Waals surface area contributed by atoms with Crippen LogP contribution in [0.5, 0.6) is 0 Å². The van der Waals surface area contributed by atoms with E-state index < -0.39 is 0 Å². The molecule has 0 spiro atoms. The molecule has 1 aromatic heterocycles. The van der Waals surface area contributed by atoms with E-state index >= 15 is 0 Å². The summed E-state index contributed by atoms with van der Waals surface area (Å²) in [5, 5.41) is 10.2. The van der Waals surface area contributed by atoms with Crippen molar-refractivity contribution in [2.75, 3.05) is 24.0 Å². The number of rotatable bonds is 0. The monoisotopic (exact) mass is 251 g/mol. The van der Waals surface area contributed by atoms with Gasteiger partial charge in [-0.3, -0.25) is 9.80 Å². The molecule has 0 unspecified atom stereocenters. The van der Waals surface area contributed by atoms with E-state index in [1.807, 2.05) is 58.6 Å². The predicted molar refractivity (Wildman–Crippen MR) is 71.6 cm³/mol. The maximum atomic E-state index is 12.5. The first kappa shape index (κ1) is 12.9. The summed E-state index contributed by atoms with van der Waals surface area (Å²) in [6.07, 6.45) is 0. The highest BCUT2D eigenvalue weighted by Crippen LogP contribution is 2.29. The van der Waals surface area contributed by atoms with E-state index in [1.165, 1.54) is 0 Å². The first-order chi connectivity index (χ1) is 8.08. The minimum Gasteiger partial charge on any atom is -0.319 e. The summed E-state index contributed by atoms with van der Waals surface area (Å²) in [7, 11) is 3.81. The van der Waals surface area contributed by atoms with E-state index in [2.05, 4.69) is 10.2 Å². The highest BCUT2D eigenvalue weighted by molar-refractivity contribution is 5.42. The molecular weight excluding hydrogens is 230 g/mol. The molecule has 6 nitrogen and oxygen atoms in total. The largest absolute Gasteiger partial charge is 0.319 e. The Morgan fingerprint density at radius 1 is 1.11 bits per heavy atom. The fourth-order valence-electron chi connectivity index (χ4n) is 2.03. The molecule has 0 fully saturated rings. The van der Waals surface area contributed by atoms with Gasteiger partial charge in [0.2, 0.25) is 5.95 Å². The van der Waals surface area contributed by atoms with E-state index in [-0.39, 0.29) is 16.6 Å². The second kappa shape index (κ2) is 3.46. The summed E-state index contributed by atoms with van der Waals surface area (Å²) in [5.74, 6) is 0.584. The van der Waals surface area contributed by atoms with Crippen LogP contribution in [0.1, 0.15) is 40.3 Å². The molecule has 0 radical (unpaired) electrons. The highest BCUT2D eigenvalue weighted by Gasteiger charge is 2.41. The van der Waals surface area contributed by atoms with Gasteiger partial charge < -0.3 is 4.90 Å². The summed E-state index contributed by atoms with van der Waals surface area (Å²) in [6, 6.07) is 0. The third-order valence-electron chi connectivity index (χ3n) is 3.75. The molecule has 0 N–H and O–H groups in total. The number of anilines is 1. The smallest absolute Gasteiger partial charge is 0.296 e. The second-order valence-electron chi connectivity index (χ2n) is 6.29. The molecule has 100 valence electrons. The number of fused-ring (bicyclic) bond motifs is 1. The van der Waals surface area contributed by atoms with Crippen molar-refractivity contribution in [3.05, 3.63) is 16.0 Å². The molecule has 2 heterocycles. The lowest BCUT2D eigenvalue weighted by molar-refractivity contribution is 0.442. The van der Waals surface area contributed by atoms with Gasteiger partial charge in [-0.1, -0.05) is 20.8 Å². The van der Waals surface area contributed by atoms with Gasteiger partial charge in [0.05, 0.1) is 0 Å². The van der Waals surface area contributed by atoms with Gasteiger partial charge in [-0.2, -0.15) is 4.68 Å². The Morgan fingerprint density at radius 3 is 2.17 bits per heavy atom. The quantitative estimate of drug-likeness (QED) is 0.679. The lowest BCUT2D eigenvalue weighted by Gasteiger charge is -2.34. The summed E-state index contributed by atoms with van der Waals surface area (Å²) >= 11 is 0. The maximum Gasteiger partial charge on any atom is 0.296 e. The summed E-state index contributed by atoms with van der Waals surface area (Å²) in [4.78, 5) is 14.5. The van der Waals surface area contributed by atoms with Crippen LogP contribution in [0, 0.1) is 0 Å². The lowest BCUT2D eigenvalue weighted by atomic mass is 9.93. The number of nitrogens with zero attached hydrogens (tertiary/aromatic N) is 5. The van der Waals surface area contributed by atoms with E-state index in [4.69, 9.17) is 0 Å². The Labute approximate surface area is 107 Å². The van der Waals surface area contributed by atoms with Crippen molar-refractivity contribution in [2.24, 2.45) is 0 Å². The normalized spacial score (nSPS) is 18.2. The van der Waals surface area contributed by atoms with Gasteiger partial charge in [-0.05, 0) is 13.8 Å². The van der Waals surface area contributed by atoms with Gasteiger partial charge in [0.25, 0.3) is 5.56 Å². The predicted octanol–water partition coefficient (Wildman–Crippen LogP) is 0.689. The SMILES string of the molecule is CN1c2nnc(C(C)(C)C)c(=O)n2N(C)C1(C)C. The van der Waals surface area contributed by atoms with Crippen molar-refractivity contribution in [2.45, 2.75) is 45.7 Å². The Balaban J connectivity index is 2.71. The molecule has 6 heteroatoms. The van der Waals surface area contributed by atoms with Gasteiger partial charge in [-0.15, -0.1) is 10.2 Å². The lowest BCUT2D eigenvalue weighted by Crippen LogP contribution is -2.53. The van der Waals surface area contributed by atoms with Crippen molar-refractivity contribution >= 4 is 5.95 Å². The zero-order chi connectivity index (χ0) is 13.9. The van der Waals surface area contributed by atoms with E-state index in [1.54, 1.807) is 4.68 Å². The zero-order valence-electron chi connectivity index (χ0n) is 12.1. The Bertz CT molecular complexity index is 540. The van der Waals surface area contributed by atoms with Gasteiger partial charge in [0.1, 0.15) is 11.4 Å². The van der Waals surface area contributed by atoms with Crippen molar-refractivity contribution < 1.29 is 0 Å². The zero-order valence-corrected chi connectivity index (χ0v) is 12.1. The first-order valence-electron chi connectivity index (χ1n) is 6.06. The molecule has 0 saturated heterocycles. The molecule has 0 atom stereocenters. The van der Waals surface area contributed by atoms with Crippen LogP contribution in [0.15, 0.2) is 4.79 Å². The van der Waals surface area contributed by atoms with Gasteiger partial charge in [0, 0.05) is 19.5 Å². The molecule has 1 aliphatic heterocycles. The maximum absolute atomic E-state index is 12.5. The van der Waals surface area contributed by atoms with E-state index in [0.717, 1.165) is 0 Å². The van der Waals surface area contributed by atoms with Crippen LogP contribution in [0.2, 0.25) is 0 Å². The molecule has 0 amide bonds. The van der Waals surface area contributed by atoms with Crippen molar-refractivity contribution in [1.29, 1.82) is 0 Å². The number of hydrogen-bond donors (Lipinski definition) is 0. The fourth-order valence-corrected chi connectivity index (χ4v) is 2.03. The number of aromatic nitrogens is 3. The van der Waals surface area contributed by atoms with Crippen LogP contribution in [0.25, 0.3) is 0 Å². The van der Waals surface area contributed by atoms with Crippen LogP contribution in [-0.4, -0.2) is 34.6 Å². The average Bonchev–Trinajstić information content (AvgIpc) is 2.40. The minimum atomic E-state index is -0.307. The first-order valence-corrected chi connectivity index (χ1v) is 6.06. The van der Waals surface area contributed by atoms with Crippen molar-refractivity contribution in [3.8, 4) is 0 Å². The van der Waals surface area contributed by atoms with Gasteiger partial charge >= 0.3 is 0 Å². The molecule has 0 aliphatic carbocycles. The van der Waals surface area contributed by atoms with Crippen LogP contribution in [0.3, 0.4) is 0 Å².